The smallest absolute Gasteiger partial charge is 0.315 e. The summed E-state index contributed by atoms with van der Waals surface area (Å²) in [5.41, 5.74) is 1.01. The van der Waals surface area contributed by atoms with Gasteiger partial charge in [-0.1, -0.05) is 26.0 Å². The summed E-state index contributed by atoms with van der Waals surface area (Å²) >= 11 is 0. The molecule has 100 valence electrons. The van der Waals surface area contributed by atoms with Crippen LogP contribution in [0.1, 0.15) is 26.3 Å². The van der Waals surface area contributed by atoms with Crippen LogP contribution in [0.4, 0.5) is 4.79 Å². The van der Waals surface area contributed by atoms with E-state index in [4.69, 9.17) is 0 Å². The van der Waals surface area contributed by atoms with Crippen molar-refractivity contribution >= 4 is 6.03 Å². The van der Waals surface area contributed by atoms with Gasteiger partial charge in [-0.15, -0.1) is 0 Å². The number of nitrogens with one attached hydrogen (secondary N) is 2. The van der Waals surface area contributed by atoms with Crippen LogP contribution in [0, 0.1) is 5.92 Å². The summed E-state index contributed by atoms with van der Waals surface area (Å²) in [7, 11) is 0. The minimum Gasteiger partial charge on any atom is -0.508 e. The Bertz CT molecular complexity index is 391. The molecule has 0 aromatic heterocycles. The second-order valence-electron chi connectivity index (χ2n) is 4.85. The van der Waals surface area contributed by atoms with E-state index in [1.165, 1.54) is 0 Å². The Labute approximate surface area is 108 Å². The number of urea groups is 1. The van der Waals surface area contributed by atoms with E-state index in [-0.39, 0.29) is 17.8 Å². The van der Waals surface area contributed by atoms with E-state index in [1.54, 1.807) is 18.2 Å². The van der Waals surface area contributed by atoms with E-state index in [0.29, 0.717) is 18.9 Å². The number of aromatic hydroxyl groups is 1. The first kappa shape index (κ1) is 14.4. The zero-order valence-electron chi connectivity index (χ0n) is 11.2. The molecule has 0 aliphatic carbocycles. The number of hydrogen-bond acceptors (Lipinski definition) is 2. The van der Waals surface area contributed by atoms with E-state index >= 15 is 0 Å². The third-order valence-electron chi connectivity index (χ3n) is 2.97. The molecule has 0 saturated carbocycles. The number of hydrogen-bond donors (Lipinski definition) is 3. The predicted molar refractivity (Wildman–Crippen MR) is 72.6 cm³/mol. The molecular formula is C14H22N2O2. The zero-order valence-corrected chi connectivity index (χ0v) is 11.2. The van der Waals surface area contributed by atoms with Crippen molar-refractivity contribution in [2.75, 3.05) is 6.54 Å². The van der Waals surface area contributed by atoms with Gasteiger partial charge < -0.3 is 15.7 Å². The number of rotatable bonds is 5. The molecule has 3 N–H and O–H groups in total. The molecule has 0 bridgehead atoms. The standard InChI is InChI=1S/C14H22N2O2/c1-10(2)11(3)16-14(18)15-8-7-12-5-4-6-13(17)9-12/h4-6,9-11,17H,7-8H2,1-3H3,(H2,15,16,18). The number of phenols is 1. The van der Waals surface area contributed by atoms with Crippen molar-refractivity contribution in [1.29, 1.82) is 0 Å². The molecule has 4 nitrogen and oxygen atoms in total. The molecule has 0 saturated heterocycles. The molecule has 0 radical (unpaired) electrons. The molecule has 1 aromatic carbocycles. The molecule has 1 aromatic rings. The second-order valence-corrected chi connectivity index (χ2v) is 4.85. The Hall–Kier alpha value is -1.71. The number of amides is 2. The Morgan fingerprint density at radius 3 is 2.67 bits per heavy atom. The third kappa shape index (κ3) is 5.08. The Morgan fingerprint density at radius 1 is 1.33 bits per heavy atom. The lowest BCUT2D eigenvalue weighted by molar-refractivity contribution is 0.234. The highest BCUT2D eigenvalue weighted by atomic mass is 16.3. The summed E-state index contributed by atoms with van der Waals surface area (Å²) in [6.07, 6.45) is 0.706. The minimum atomic E-state index is -0.142. The second kappa shape index (κ2) is 6.89. The molecule has 1 rings (SSSR count). The van der Waals surface area contributed by atoms with Crippen LogP contribution in [0.15, 0.2) is 24.3 Å². The van der Waals surface area contributed by atoms with Crippen LogP contribution in [0.3, 0.4) is 0 Å². The van der Waals surface area contributed by atoms with E-state index in [0.717, 1.165) is 5.56 Å². The number of carbonyl (C=O) groups excluding carboxylic acids is 1. The van der Waals surface area contributed by atoms with Crippen molar-refractivity contribution < 1.29 is 9.90 Å². The molecule has 0 spiro atoms. The largest absolute Gasteiger partial charge is 0.508 e. The van der Waals surface area contributed by atoms with Gasteiger partial charge in [0.05, 0.1) is 0 Å². The van der Waals surface area contributed by atoms with E-state index < -0.39 is 0 Å². The average Bonchev–Trinajstić information content (AvgIpc) is 2.28. The molecule has 4 heteroatoms. The van der Waals surface area contributed by atoms with E-state index in [1.807, 2.05) is 13.0 Å². The first-order valence-corrected chi connectivity index (χ1v) is 6.31. The lowest BCUT2D eigenvalue weighted by Gasteiger charge is -2.17. The SMILES string of the molecule is CC(C)C(C)NC(=O)NCCc1cccc(O)c1. The molecule has 2 amide bonds. The average molecular weight is 250 g/mol. The highest BCUT2D eigenvalue weighted by molar-refractivity contribution is 5.74. The first-order valence-electron chi connectivity index (χ1n) is 6.31. The highest BCUT2D eigenvalue weighted by Crippen LogP contribution is 2.10. The third-order valence-corrected chi connectivity index (χ3v) is 2.97. The molecule has 18 heavy (non-hydrogen) atoms. The van der Waals surface area contributed by atoms with Gasteiger partial charge in [-0.05, 0) is 37.0 Å². The van der Waals surface area contributed by atoms with Crippen LogP contribution in [0.25, 0.3) is 0 Å². The maximum Gasteiger partial charge on any atom is 0.315 e. The van der Waals surface area contributed by atoms with Crippen molar-refractivity contribution in [3.8, 4) is 5.75 Å². The van der Waals surface area contributed by atoms with Crippen LogP contribution in [0.2, 0.25) is 0 Å². The lowest BCUT2D eigenvalue weighted by Crippen LogP contribution is -2.43. The van der Waals surface area contributed by atoms with Gasteiger partial charge in [0.25, 0.3) is 0 Å². The van der Waals surface area contributed by atoms with Gasteiger partial charge in [0, 0.05) is 12.6 Å². The summed E-state index contributed by atoms with van der Waals surface area (Å²) in [5.74, 6) is 0.673. The summed E-state index contributed by atoms with van der Waals surface area (Å²) < 4.78 is 0. The maximum absolute atomic E-state index is 11.5. The zero-order chi connectivity index (χ0) is 13.5. The summed E-state index contributed by atoms with van der Waals surface area (Å²) in [6, 6.07) is 7.08. The van der Waals surface area contributed by atoms with Crippen LogP contribution in [0.5, 0.6) is 5.75 Å². The number of carbonyl (C=O) groups is 1. The van der Waals surface area contributed by atoms with Gasteiger partial charge in [-0.2, -0.15) is 0 Å². The summed E-state index contributed by atoms with van der Waals surface area (Å²) in [5, 5.41) is 15.0. The van der Waals surface area contributed by atoms with Crippen molar-refractivity contribution in [2.24, 2.45) is 5.92 Å². The first-order chi connectivity index (χ1) is 8.49. The van der Waals surface area contributed by atoms with Crippen LogP contribution in [-0.4, -0.2) is 23.7 Å². The fourth-order valence-electron chi connectivity index (χ4n) is 1.46. The Balaban J connectivity index is 2.27. The number of phenolic OH excluding ortho intramolecular Hbond substituents is 1. The molecule has 1 atom stereocenters. The summed E-state index contributed by atoms with van der Waals surface area (Å²) in [4.78, 5) is 11.5. The predicted octanol–water partition coefficient (Wildman–Crippen LogP) is 2.28. The van der Waals surface area contributed by atoms with Gasteiger partial charge in [0.1, 0.15) is 5.75 Å². The van der Waals surface area contributed by atoms with Gasteiger partial charge in [0.15, 0.2) is 0 Å². The molecule has 0 fully saturated rings. The van der Waals surface area contributed by atoms with Crippen molar-refractivity contribution in [3.05, 3.63) is 29.8 Å². The quantitative estimate of drug-likeness (QED) is 0.750. The van der Waals surface area contributed by atoms with Crippen LogP contribution >= 0.6 is 0 Å². The van der Waals surface area contributed by atoms with Gasteiger partial charge >= 0.3 is 6.03 Å². The van der Waals surface area contributed by atoms with Crippen LogP contribution < -0.4 is 10.6 Å². The van der Waals surface area contributed by atoms with Crippen molar-refractivity contribution in [1.82, 2.24) is 10.6 Å². The molecule has 0 aliphatic rings. The monoisotopic (exact) mass is 250 g/mol. The van der Waals surface area contributed by atoms with Gasteiger partial charge in [0.2, 0.25) is 0 Å². The molecule has 0 aliphatic heterocycles. The maximum atomic E-state index is 11.5. The van der Waals surface area contributed by atoms with Gasteiger partial charge in [-0.3, -0.25) is 0 Å². The van der Waals surface area contributed by atoms with Crippen molar-refractivity contribution in [2.45, 2.75) is 33.2 Å². The highest BCUT2D eigenvalue weighted by Gasteiger charge is 2.09. The summed E-state index contributed by atoms with van der Waals surface area (Å²) in [6.45, 7) is 6.68. The fraction of sp³-hybridized carbons (Fsp3) is 0.500. The molecule has 1 unspecified atom stereocenters. The molecular weight excluding hydrogens is 228 g/mol. The topological polar surface area (TPSA) is 61.4 Å². The van der Waals surface area contributed by atoms with Crippen molar-refractivity contribution in [3.63, 3.8) is 0 Å². The Kier molecular flexibility index (Phi) is 5.49. The fourth-order valence-corrected chi connectivity index (χ4v) is 1.46. The van der Waals surface area contributed by atoms with Crippen LogP contribution in [-0.2, 0) is 6.42 Å². The number of benzene rings is 1. The van der Waals surface area contributed by atoms with Gasteiger partial charge in [-0.25, -0.2) is 4.79 Å². The molecule has 0 heterocycles. The minimum absolute atomic E-state index is 0.142. The Morgan fingerprint density at radius 2 is 2.06 bits per heavy atom. The van der Waals surface area contributed by atoms with E-state index in [2.05, 4.69) is 24.5 Å². The normalized spacial score (nSPS) is 12.2. The van der Waals surface area contributed by atoms with E-state index in [9.17, 15) is 9.90 Å². The lowest BCUT2D eigenvalue weighted by atomic mass is 10.1.